The van der Waals surface area contributed by atoms with Crippen LogP contribution in [0.2, 0.25) is 0 Å². The molecule has 1 heterocycles. The molecule has 8 heteroatoms. The molecule has 0 aliphatic heterocycles. The summed E-state index contributed by atoms with van der Waals surface area (Å²) in [5.74, 6) is -0.892. The van der Waals surface area contributed by atoms with E-state index in [2.05, 4.69) is 10.0 Å². The first-order valence-corrected chi connectivity index (χ1v) is 7.77. The molecule has 0 radical (unpaired) electrons. The van der Waals surface area contributed by atoms with E-state index in [-0.39, 0.29) is 16.6 Å². The summed E-state index contributed by atoms with van der Waals surface area (Å²) in [5.41, 5.74) is 0.864. The molecule has 0 saturated carbocycles. The van der Waals surface area contributed by atoms with Crippen LogP contribution in [0.15, 0.2) is 45.9 Å². The van der Waals surface area contributed by atoms with Gasteiger partial charge in [0.05, 0.1) is 0 Å². The van der Waals surface area contributed by atoms with Crippen molar-refractivity contribution in [3.8, 4) is 0 Å². The van der Waals surface area contributed by atoms with E-state index in [1.165, 1.54) is 32.2 Å². The summed E-state index contributed by atoms with van der Waals surface area (Å²) in [5, 5.41) is 2.19. The number of rotatable bonds is 5. The Balaban J connectivity index is 2.20. The van der Waals surface area contributed by atoms with E-state index in [0.29, 0.717) is 11.3 Å². The Hall–Kier alpha value is -2.45. The lowest BCUT2D eigenvalue weighted by Crippen LogP contribution is -2.18. The van der Waals surface area contributed by atoms with E-state index in [0.717, 1.165) is 0 Å². The molecule has 1 aromatic carbocycles. The van der Waals surface area contributed by atoms with Gasteiger partial charge in [-0.2, -0.15) is 0 Å². The van der Waals surface area contributed by atoms with Gasteiger partial charge in [0.2, 0.25) is 5.09 Å². The molecule has 0 spiro atoms. The quantitative estimate of drug-likeness (QED) is 0.814. The van der Waals surface area contributed by atoms with E-state index in [9.17, 15) is 18.0 Å². The number of Topliss-reactive ketones (excluding diaryl/α,β-unsaturated/α-hetero) is 1. The summed E-state index contributed by atoms with van der Waals surface area (Å²) in [6, 6.07) is 8.84. The van der Waals surface area contributed by atoms with Gasteiger partial charge in [-0.1, -0.05) is 12.1 Å². The lowest BCUT2D eigenvalue weighted by Gasteiger charge is -2.04. The van der Waals surface area contributed by atoms with Crippen molar-refractivity contribution in [2.24, 2.45) is 0 Å². The first-order valence-electron chi connectivity index (χ1n) is 6.29. The zero-order chi connectivity index (χ0) is 16.3. The topological polar surface area (TPSA) is 105 Å². The Morgan fingerprint density at radius 3 is 2.50 bits per heavy atom. The van der Waals surface area contributed by atoms with Gasteiger partial charge in [0.1, 0.15) is 0 Å². The van der Waals surface area contributed by atoms with Gasteiger partial charge >= 0.3 is 0 Å². The minimum Gasteiger partial charge on any atom is -0.438 e. The second-order valence-electron chi connectivity index (χ2n) is 4.42. The van der Waals surface area contributed by atoms with Crippen LogP contribution in [0.4, 0.5) is 5.69 Å². The summed E-state index contributed by atoms with van der Waals surface area (Å²) in [4.78, 5) is 23.3. The van der Waals surface area contributed by atoms with Gasteiger partial charge in [-0.05, 0) is 38.2 Å². The maximum absolute atomic E-state index is 12.0. The monoisotopic (exact) mass is 322 g/mol. The highest BCUT2D eigenvalue weighted by Gasteiger charge is 2.19. The molecule has 2 aromatic rings. The molecule has 0 aliphatic rings. The number of nitrogens with one attached hydrogen (secondary N) is 2. The van der Waals surface area contributed by atoms with Gasteiger partial charge in [0.15, 0.2) is 11.5 Å². The number of amides is 1. The second-order valence-corrected chi connectivity index (χ2v) is 6.23. The Kier molecular flexibility index (Phi) is 4.43. The number of hydrogen-bond acceptors (Lipinski definition) is 5. The number of benzene rings is 1. The van der Waals surface area contributed by atoms with Gasteiger partial charge in [0, 0.05) is 11.3 Å². The van der Waals surface area contributed by atoms with Crippen molar-refractivity contribution in [2.75, 3.05) is 12.4 Å². The molecule has 0 bridgehead atoms. The first kappa shape index (κ1) is 15.9. The molecule has 2 rings (SSSR count). The third-order valence-electron chi connectivity index (χ3n) is 2.87. The van der Waals surface area contributed by atoms with Crippen molar-refractivity contribution in [1.82, 2.24) is 4.72 Å². The molecule has 22 heavy (non-hydrogen) atoms. The molecule has 0 saturated heterocycles. The Morgan fingerprint density at radius 2 is 1.86 bits per heavy atom. The fraction of sp³-hybridized carbons (Fsp3) is 0.143. The SMILES string of the molecule is CNS(=O)(=O)c1ccc(C(=O)Nc2cccc(C(C)=O)c2)o1. The zero-order valence-corrected chi connectivity index (χ0v) is 12.7. The lowest BCUT2D eigenvalue weighted by atomic mass is 10.1. The highest BCUT2D eigenvalue weighted by Crippen LogP contribution is 2.16. The third-order valence-corrected chi connectivity index (χ3v) is 4.15. The maximum atomic E-state index is 12.0. The number of hydrogen-bond donors (Lipinski definition) is 2. The Labute approximate surface area is 127 Å². The van der Waals surface area contributed by atoms with Gasteiger partial charge in [-0.3, -0.25) is 9.59 Å². The first-order chi connectivity index (χ1) is 10.3. The molecule has 0 fully saturated rings. The standard InChI is InChI=1S/C14H14N2O5S/c1-9(17)10-4-3-5-11(8-10)16-14(18)12-6-7-13(21-12)22(19,20)15-2/h3-8,15H,1-2H3,(H,16,18). The van der Waals surface area contributed by atoms with Crippen LogP contribution in [0.1, 0.15) is 27.8 Å². The molecular weight excluding hydrogens is 308 g/mol. The van der Waals surface area contributed by atoms with Gasteiger partial charge in [0.25, 0.3) is 15.9 Å². The van der Waals surface area contributed by atoms with Crippen molar-refractivity contribution in [2.45, 2.75) is 12.0 Å². The van der Waals surface area contributed by atoms with Gasteiger partial charge in [-0.25, -0.2) is 13.1 Å². The van der Waals surface area contributed by atoms with Crippen LogP contribution < -0.4 is 10.0 Å². The molecule has 0 atom stereocenters. The summed E-state index contributed by atoms with van der Waals surface area (Å²) in [6.45, 7) is 1.42. The lowest BCUT2D eigenvalue weighted by molar-refractivity contribution is 0.0987. The summed E-state index contributed by atoms with van der Waals surface area (Å²) in [6.07, 6.45) is 0. The summed E-state index contributed by atoms with van der Waals surface area (Å²) >= 11 is 0. The average molecular weight is 322 g/mol. The number of sulfonamides is 1. The second kappa shape index (κ2) is 6.12. The van der Waals surface area contributed by atoms with Crippen LogP contribution in [0.5, 0.6) is 0 Å². The highest BCUT2D eigenvalue weighted by molar-refractivity contribution is 7.89. The molecule has 1 amide bonds. The van der Waals surface area contributed by atoms with Crippen molar-refractivity contribution in [1.29, 1.82) is 0 Å². The number of carbonyl (C=O) groups is 2. The van der Waals surface area contributed by atoms with E-state index in [1.807, 2.05) is 0 Å². The Morgan fingerprint density at radius 1 is 1.14 bits per heavy atom. The normalized spacial score (nSPS) is 11.2. The van der Waals surface area contributed by atoms with Crippen LogP contribution in [0.25, 0.3) is 0 Å². The van der Waals surface area contributed by atoms with Crippen LogP contribution in [0.3, 0.4) is 0 Å². The minimum absolute atomic E-state index is 0.128. The predicted octanol–water partition coefficient (Wildman–Crippen LogP) is 1.64. The fourth-order valence-corrected chi connectivity index (χ4v) is 2.34. The number of carbonyl (C=O) groups excluding carboxylic acids is 2. The molecule has 116 valence electrons. The summed E-state index contributed by atoms with van der Waals surface area (Å²) in [7, 11) is -2.50. The van der Waals surface area contributed by atoms with E-state index in [1.54, 1.807) is 18.2 Å². The van der Waals surface area contributed by atoms with Crippen molar-refractivity contribution in [3.63, 3.8) is 0 Å². The minimum atomic E-state index is -3.74. The molecule has 0 aliphatic carbocycles. The third kappa shape index (κ3) is 3.41. The van der Waals surface area contributed by atoms with Crippen LogP contribution in [-0.2, 0) is 10.0 Å². The van der Waals surface area contributed by atoms with Gasteiger partial charge in [-0.15, -0.1) is 0 Å². The van der Waals surface area contributed by atoms with Crippen molar-refractivity contribution >= 4 is 27.4 Å². The van der Waals surface area contributed by atoms with Crippen molar-refractivity contribution in [3.05, 3.63) is 47.7 Å². The predicted molar refractivity (Wildman–Crippen MR) is 79.4 cm³/mol. The van der Waals surface area contributed by atoms with Crippen LogP contribution >= 0.6 is 0 Å². The molecule has 7 nitrogen and oxygen atoms in total. The van der Waals surface area contributed by atoms with Gasteiger partial charge < -0.3 is 9.73 Å². The highest BCUT2D eigenvalue weighted by atomic mass is 32.2. The van der Waals surface area contributed by atoms with E-state index >= 15 is 0 Å². The molecule has 1 aromatic heterocycles. The zero-order valence-electron chi connectivity index (χ0n) is 11.9. The number of anilines is 1. The Bertz CT molecular complexity index is 823. The molecule has 0 unspecified atom stereocenters. The van der Waals surface area contributed by atoms with Crippen molar-refractivity contribution < 1.29 is 22.4 Å². The molecule has 2 N–H and O–H groups in total. The average Bonchev–Trinajstić information content (AvgIpc) is 2.98. The smallest absolute Gasteiger partial charge is 0.291 e. The van der Waals surface area contributed by atoms with Crippen LogP contribution in [0, 0.1) is 0 Å². The molecular formula is C14H14N2O5S. The maximum Gasteiger partial charge on any atom is 0.291 e. The number of furan rings is 1. The number of ketones is 1. The largest absolute Gasteiger partial charge is 0.438 e. The fourth-order valence-electron chi connectivity index (χ4n) is 1.70. The van der Waals surface area contributed by atoms with E-state index < -0.39 is 15.9 Å². The summed E-state index contributed by atoms with van der Waals surface area (Å²) < 4.78 is 30.2. The van der Waals surface area contributed by atoms with E-state index in [4.69, 9.17) is 4.42 Å². The van der Waals surface area contributed by atoms with Crippen LogP contribution in [-0.4, -0.2) is 27.2 Å².